The van der Waals surface area contributed by atoms with Gasteiger partial charge in [0.05, 0.1) is 27.9 Å². The van der Waals surface area contributed by atoms with E-state index in [0.29, 0.717) is 28.6 Å². The normalized spacial score (nSPS) is 10.3. The Labute approximate surface area is 156 Å². The first-order valence-corrected chi connectivity index (χ1v) is 8.11. The Balaban J connectivity index is 1.68. The molecule has 0 atom stereocenters. The molecule has 1 heterocycles. The molecule has 2 aromatic carbocycles. The summed E-state index contributed by atoms with van der Waals surface area (Å²) < 4.78 is 20.7. The van der Waals surface area contributed by atoms with E-state index < -0.39 is 0 Å². The van der Waals surface area contributed by atoms with E-state index in [0.717, 1.165) is 5.56 Å². The molecule has 0 aliphatic rings. The van der Waals surface area contributed by atoms with Crippen molar-refractivity contribution in [3.8, 4) is 28.6 Å². The first-order valence-electron chi connectivity index (χ1n) is 8.11. The summed E-state index contributed by atoms with van der Waals surface area (Å²) in [5, 5.41) is 6.67. The predicted molar refractivity (Wildman–Crippen MR) is 97.0 cm³/mol. The van der Waals surface area contributed by atoms with Gasteiger partial charge >= 0.3 is 0 Å². The van der Waals surface area contributed by atoms with Crippen molar-refractivity contribution in [1.82, 2.24) is 15.5 Å². The van der Waals surface area contributed by atoms with Crippen LogP contribution in [0.3, 0.4) is 0 Å². The molecule has 3 aromatic rings. The second-order valence-corrected chi connectivity index (χ2v) is 5.53. The monoisotopic (exact) mass is 369 g/mol. The van der Waals surface area contributed by atoms with Crippen molar-refractivity contribution in [3.63, 3.8) is 0 Å². The SMILES string of the molecule is COc1cc(OC)cc(C(=O)NCc2nc(-c3cccc(OC)c3)no2)c1. The van der Waals surface area contributed by atoms with Crippen molar-refractivity contribution in [2.24, 2.45) is 0 Å². The van der Waals surface area contributed by atoms with E-state index in [2.05, 4.69) is 15.5 Å². The highest BCUT2D eigenvalue weighted by atomic mass is 16.5. The summed E-state index contributed by atoms with van der Waals surface area (Å²) in [6, 6.07) is 12.2. The molecule has 1 N–H and O–H groups in total. The smallest absolute Gasteiger partial charge is 0.251 e. The van der Waals surface area contributed by atoms with E-state index >= 15 is 0 Å². The minimum Gasteiger partial charge on any atom is -0.497 e. The van der Waals surface area contributed by atoms with Gasteiger partial charge in [0.2, 0.25) is 11.7 Å². The Morgan fingerprint density at radius 3 is 2.37 bits per heavy atom. The fourth-order valence-corrected chi connectivity index (χ4v) is 2.40. The highest BCUT2D eigenvalue weighted by Crippen LogP contribution is 2.23. The Morgan fingerprint density at radius 2 is 1.70 bits per heavy atom. The van der Waals surface area contributed by atoms with Crippen LogP contribution in [0.15, 0.2) is 47.0 Å². The van der Waals surface area contributed by atoms with E-state index in [9.17, 15) is 4.79 Å². The first kappa shape index (κ1) is 18.2. The van der Waals surface area contributed by atoms with E-state index in [1.54, 1.807) is 31.4 Å². The van der Waals surface area contributed by atoms with Crippen molar-refractivity contribution in [2.75, 3.05) is 21.3 Å². The molecule has 1 amide bonds. The summed E-state index contributed by atoms with van der Waals surface area (Å²) in [6.07, 6.45) is 0. The fourth-order valence-electron chi connectivity index (χ4n) is 2.40. The van der Waals surface area contributed by atoms with Crippen LogP contribution >= 0.6 is 0 Å². The molecule has 140 valence electrons. The number of methoxy groups -OCH3 is 3. The Kier molecular flexibility index (Phi) is 5.55. The van der Waals surface area contributed by atoms with E-state index in [1.165, 1.54) is 14.2 Å². The fraction of sp³-hybridized carbons (Fsp3) is 0.211. The van der Waals surface area contributed by atoms with Gasteiger partial charge in [0.1, 0.15) is 17.2 Å². The van der Waals surface area contributed by atoms with Crippen LogP contribution in [0.1, 0.15) is 16.2 Å². The van der Waals surface area contributed by atoms with Gasteiger partial charge in [-0.2, -0.15) is 4.98 Å². The van der Waals surface area contributed by atoms with Crippen LogP contribution in [0.5, 0.6) is 17.2 Å². The minimum atomic E-state index is -0.312. The number of benzene rings is 2. The molecule has 0 saturated heterocycles. The number of rotatable bonds is 7. The van der Waals surface area contributed by atoms with Crippen molar-refractivity contribution in [3.05, 3.63) is 53.9 Å². The van der Waals surface area contributed by atoms with Gasteiger partial charge in [-0.05, 0) is 24.3 Å². The molecule has 8 nitrogen and oxygen atoms in total. The van der Waals surface area contributed by atoms with Gasteiger partial charge in [0.25, 0.3) is 5.91 Å². The summed E-state index contributed by atoms with van der Waals surface area (Å²) in [5.74, 6) is 2.14. The van der Waals surface area contributed by atoms with Crippen molar-refractivity contribution < 1.29 is 23.5 Å². The number of ether oxygens (including phenoxy) is 3. The summed E-state index contributed by atoms with van der Waals surface area (Å²) in [5.41, 5.74) is 1.16. The van der Waals surface area contributed by atoms with Crippen molar-refractivity contribution >= 4 is 5.91 Å². The third-order valence-electron chi connectivity index (χ3n) is 3.81. The molecule has 0 unspecified atom stereocenters. The van der Waals surface area contributed by atoms with Crippen molar-refractivity contribution in [2.45, 2.75) is 6.54 Å². The number of nitrogens with zero attached hydrogens (tertiary/aromatic N) is 2. The third-order valence-corrected chi connectivity index (χ3v) is 3.81. The Bertz CT molecular complexity index is 916. The van der Waals surface area contributed by atoms with Gasteiger partial charge in [0.15, 0.2) is 0 Å². The molecular weight excluding hydrogens is 350 g/mol. The largest absolute Gasteiger partial charge is 0.497 e. The highest BCUT2D eigenvalue weighted by Gasteiger charge is 2.13. The molecule has 8 heteroatoms. The maximum absolute atomic E-state index is 12.4. The van der Waals surface area contributed by atoms with Crippen LogP contribution in [0.25, 0.3) is 11.4 Å². The van der Waals surface area contributed by atoms with Crippen LogP contribution < -0.4 is 19.5 Å². The van der Waals surface area contributed by atoms with Gasteiger partial charge in [0, 0.05) is 17.2 Å². The molecule has 0 radical (unpaired) electrons. The maximum Gasteiger partial charge on any atom is 0.251 e. The number of nitrogens with one attached hydrogen (secondary N) is 1. The van der Waals surface area contributed by atoms with E-state index in [-0.39, 0.29) is 18.3 Å². The van der Waals surface area contributed by atoms with Crippen LogP contribution in [-0.4, -0.2) is 37.4 Å². The molecule has 3 rings (SSSR count). The number of amides is 1. The maximum atomic E-state index is 12.4. The summed E-state index contributed by atoms with van der Waals surface area (Å²) in [4.78, 5) is 16.7. The van der Waals surface area contributed by atoms with Gasteiger partial charge in [-0.25, -0.2) is 0 Å². The molecule has 0 bridgehead atoms. The lowest BCUT2D eigenvalue weighted by Gasteiger charge is -2.08. The highest BCUT2D eigenvalue weighted by molar-refractivity contribution is 5.95. The quantitative estimate of drug-likeness (QED) is 0.684. The van der Waals surface area contributed by atoms with E-state index in [4.69, 9.17) is 18.7 Å². The zero-order chi connectivity index (χ0) is 19.2. The van der Waals surface area contributed by atoms with Gasteiger partial charge in [-0.15, -0.1) is 0 Å². The lowest BCUT2D eigenvalue weighted by atomic mass is 10.2. The zero-order valence-corrected chi connectivity index (χ0v) is 15.2. The molecule has 0 fully saturated rings. The molecule has 27 heavy (non-hydrogen) atoms. The zero-order valence-electron chi connectivity index (χ0n) is 15.2. The van der Waals surface area contributed by atoms with Crippen LogP contribution in [0.2, 0.25) is 0 Å². The average Bonchev–Trinajstić information content (AvgIpc) is 3.20. The number of hydrogen-bond donors (Lipinski definition) is 1. The van der Waals surface area contributed by atoms with Crippen molar-refractivity contribution in [1.29, 1.82) is 0 Å². The predicted octanol–water partition coefficient (Wildman–Crippen LogP) is 2.69. The summed E-state index contributed by atoms with van der Waals surface area (Å²) in [7, 11) is 4.63. The molecule has 0 saturated carbocycles. The summed E-state index contributed by atoms with van der Waals surface area (Å²) in [6.45, 7) is 0.0926. The molecule has 0 spiro atoms. The first-order chi connectivity index (χ1) is 13.1. The van der Waals surface area contributed by atoms with Crippen LogP contribution in [-0.2, 0) is 6.54 Å². The minimum absolute atomic E-state index is 0.0926. The van der Waals surface area contributed by atoms with Gasteiger partial charge in [-0.1, -0.05) is 17.3 Å². The average molecular weight is 369 g/mol. The van der Waals surface area contributed by atoms with Gasteiger partial charge < -0.3 is 24.1 Å². The van der Waals surface area contributed by atoms with E-state index in [1.807, 2.05) is 18.2 Å². The van der Waals surface area contributed by atoms with Gasteiger partial charge in [-0.3, -0.25) is 4.79 Å². The number of carbonyl (C=O) groups excluding carboxylic acids is 1. The second kappa shape index (κ2) is 8.22. The number of hydrogen-bond acceptors (Lipinski definition) is 7. The van der Waals surface area contributed by atoms with Crippen LogP contribution in [0.4, 0.5) is 0 Å². The Hall–Kier alpha value is -3.55. The molecule has 0 aliphatic carbocycles. The molecular formula is C19H19N3O5. The summed E-state index contributed by atoms with van der Waals surface area (Å²) >= 11 is 0. The Morgan fingerprint density at radius 1 is 1.00 bits per heavy atom. The molecule has 1 aromatic heterocycles. The number of carbonyl (C=O) groups is 1. The standard InChI is InChI=1S/C19H19N3O5/c1-24-14-6-4-5-12(7-14)18-21-17(27-22-18)11-20-19(23)13-8-15(25-2)10-16(9-13)26-3/h4-10H,11H2,1-3H3,(H,20,23). The second-order valence-electron chi connectivity index (χ2n) is 5.53. The number of aromatic nitrogens is 2. The molecule has 0 aliphatic heterocycles. The third kappa shape index (κ3) is 4.35. The topological polar surface area (TPSA) is 95.7 Å². The lowest BCUT2D eigenvalue weighted by molar-refractivity contribution is 0.0945. The lowest BCUT2D eigenvalue weighted by Crippen LogP contribution is -2.23. The van der Waals surface area contributed by atoms with Crippen LogP contribution in [0, 0.1) is 0 Å².